The van der Waals surface area contributed by atoms with E-state index in [0.29, 0.717) is 31.1 Å². The molecule has 0 spiro atoms. The third kappa shape index (κ3) is 5.61. The number of nitrogens with one attached hydrogen (secondary N) is 2. The third-order valence-electron chi connectivity index (χ3n) is 5.71. The van der Waals surface area contributed by atoms with E-state index in [1.54, 1.807) is 12.1 Å². The number of benzene rings is 2. The molecule has 2 aromatic rings. The van der Waals surface area contributed by atoms with Gasteiger partial charge in [0, 0.05) is 31.1 Å². The van der Waals surface area contributed by atoms with Gasteiger partial charge < -0.3 is 25.2 Å². The van der Waals surface area contributed by atoms with Gasteiger partial charge >= 0.3 is 0 Å². The van der Waals surface area contributed by atoms with Crippen LogP contribution in [0, 0.1) is 5.82 Å². The molecule has 4 rings (SSSR count). The number of aliphatic hydroxyl groups excluding tert-OH is 1. The number of amides is 1. The van der Waals surface area contributed by atoms with E-state index >= 15 is 0 Å². The topological polar surface area (TPSA) is 79.8 Å². The third-order valence-corrected chi connectivity index (χ3v) is 6.08. The lowest BCUT2D eigenvalue weighted by Crippen LogP contribution is -2.39. The summed E-state index contributed by atoms with van der Waals surface area (Å²) in [6.45, 7) is 1.39. The van der Waals surface area contributed by atoms with Gasteiger partial charge in [-0.1, -0.05) is 41.9 Å². The van der Waals surface area contributed by atoms with E-state index in [0.717, 1.165) is 11.1 Å². The molecule has 0 aromatic heterocycles. The van der Waals surface area contributed by atoms with Crippen molar-refractivity contribution in [1.29, 1.82) is 0 Å². The van der Waals surface area contributed by atoms with E-state index in [1.807, 2.05) is 24.3 Å². The minimum absolute atomic E-state index is 0.151. The van der Waals surface area contributed by atoms with Gasteiger partial charge in [0.05, 0.1) is 24.7 Å². The van der Waals surface area contributed by atoms with Crippen molar-refractivity contribution in [2.75, 3.05) is 6.54 Å². The molecular weight excluding hydrogens is 423 g/mol. The van der Waals surface area contributed by atoms with Crippen molar-refractivity contribution in [2.24, 2.45) is 0 Å². The van der Waals surface area contributed by atoms with Crippen LogP contribution in [0.2, 0.25) is 5.02 Å². The van der Waals surface area contributed by atoms with Crippen LogP contribution in [0.4, 0.5) is 4.39 Å². The Morgan fingerprint density at radius 1 is 1.13 bits per heavy atom. The summed E-state index contributed by atoms with van der Waals surface area (Å²) in [6, 6.07) is 13.6. The predicted octanol–water partition coefficient (Wildman–Crippen LogP) is 2.56. The summed E-state index contributed by atoms with van der Waals surface area (Å²) < 4.78 is 24.8. The summed E-state index contributed by atoms with van der Waals surface area (Å²) >= 11 is 6.16. The molecule has 5 atom stereocenters. The lowest BCUT2D eigenvalue weighted by molar-refractivity contribution is -0.124. The minimum atomic E-state index is -0.754. The number of rotatable bonds is 8. The maximum atomic E-state index is 12.9. The van der Waals surface area contributed by atoms with E-state index in [4.69, 9.17) is 21.1 Å². The van der Waals surface area contributed by atoms with Gasteiger partial charge in [-0.15, -0.1) is 0 Å². The molecular formula is C23H26ClFN2O4. The smallest absolute Gasteiger partial charge is 0.222 e. The average molecular weight is 449 g/mol. The first-order chi connectivity index (χ1) is 15.0. The second-order valence-electron chi connectivity index (χ2n) is 7.99. The Labute approximate surface area is 185 Å². The van der Waals surface area contributed by atoms with Crippen LogP contribution in [0.5, 0.6) is 0 Å². The highest BCUT2D eigenvalue weighted by atomic mass is 35.5. The summed E-state index contributed by atoms with van der Waals surface area (Å²) in [7, 11) is 0. The number of aliphatic hydroxyl groups is 1. The second-order valence-corrected chi connectivity index (χ2v) is 8.40. The Morgan fingerprint density at radius 3 is 2.65 bits per heavy atom. The summed E-state index contributed by atoms with van der Waals surface area (Å²) in [6.07, 6.45) is -1.32. The molecule has 2 saturated heterocycles. The maximum absolute atomic E-state index is 12.9. The average Bonchev–Trinajstić information content (AvgIpc) is 3.27. The molecule has 2 aliphatic heterocycles. The van der Waals surface area contributed by atoms with E-state index in [1.165, 1.54) is 12.1 Å². The Hall–Kier alpha value is -2.03. The van der Waals surface area contributed by atoms with Gasteiger partial charge in [-0.2, -0.15) is 0 Å². The van der Waals surface area contributed by atoms with Gasteiger partial charge in [-0.05, 0) is 29.3 Å². The molecule has 0 bridgehead atoms. The van der Waals surface area contributed by atoms with Crippen molar-refractivity contribution >= 4 is 17.5 Å². The summed E-state index contributed by atoms with van der Waals surface area (Å²) in [5.74, 6) is -0.460. The van der Waals surface area contributed by atoms with Gasteiger partial charge in [0.15, 0.2) is 0 Å². The summed E-state index contributed by atoms with van der Waals surface area (Å²) in [5, 5.41) is 17.4. The van der Waals surface area contributed by atoms with Crippen LogP contribution >= 0.6 is 11.6 Å². The number of halogens is 2. The summed E-state index contributed by atoms with van der Waals surface area (Å²) in [4.78, 5) is 12.2. The van der Waals surface area contributed by atoms with Crippen LogP contribution in [0.1, 0.15) is 24.0 Å². The molecule has 0 aliphatic carbocycles. The predicted molar refractivity (Wildman–Crippen MR) is 114 cm³/mol. The molecule has 8 heteroatoms. The fourth-order valence-electron chi connectivity index (χ4n) is 4.08. The van der Waals surface area contributed by atoms with Crippen LogP contribution < -0.4 is 10.6 Å². The standard InChI is InChI=1S/C23H26ClFN2O4/c24-18-4-2-1-3-15(18)12-26-13-20-22(29)23-19(31-20)9-17(30-23)10-21(28)27-11-14-5-7-16(25)8-6-14/h1-8,17,19-20,22-23,26,29H,9-13H2,(H,27,28)/t17-,19+,20+,22+,23-/m0/s1. The van der Waals surface area contributed by atoms with Crippen molar-refractivity contribution in [3.63, 3.8) is 0 Å². The van der Waals surface area contributed by atoms with E-state index in [2.05, 4.69) is 10.6 Å². The van der Waals surface area contributed by atoms with Gasteiger partial charge in [0.2, 0.25) is 5.91 Å². The maximum Gasteiger partial charge on any atom is 0.222 e. The minimum Gasteiger partial charge on any atom is -0.388 e. The van der Waals surface area contributed by atoms with Gasteiger partial charge in [0.1, 0.15) is 18.0 Å². The lowest BCUT2D eigenvalue weighted by atomic mass is 10.1. The van der Waals surface area contributed by atoms with Crippen LogP contribution in [0.15, 0.2) is 48.5 Å². The molecule has 3 N–H and O–H groups in total. The van der Waals surface area contributed by atoms with Gasteiger partial charge in [0.25, 0.3) is 0 Å². The van der Waals surface area contributed by atoms with E-state index in [9.17, 15) is 14.3 Å². The molecule has 166 valence electrons. The van der Waals surface area contributed by atoms with Crippen LogP contribution in [-0.2, 0) is 27.4 Å². The zero-order valence-electron chi connectivity index (χ0n) is 17.0. The van der Waals surface area contributed by atoms with Crippen LogP contribution in [-0.4, -0.2) is 48.1 Å². The Morgan fingerprint density at radius 2 is 1.90 bits per heavy atom. The van der Waals surface area contributed by atoms with Crippen molar-refractivity contribution in [1.82, 2.24) is 10.6 Å². The molecule has 2 heterocycles. The number of hydrogen-bond donors (Lipinski definition) is 3. The first kappa shape index (κ1) is 22.2. The quantitative estimate of drug-likeness (QED) is 0.578. The highest BCUT2D eigenvalue weighted by Gasteiger charge is 2.50. The number of carbonyl (C=O) groups excluding carboxylic acids is 1. The second kappa shape index (κ2) is 10.1. The van der Waals surface area contributed by atoms with Crippen molar-refractivity contribution in [2.45, 2.75) is 56.5 Å². The van der Waals surface area contributed by atoms with E-state index in [-0.39, 0.29) is 36.5 Å². The zero-order chi connectivity index (χ0) is 21.8. The van der Waals surface area contributed by atoms with Gasteiger partial charge in [-0.25, -0.2) is 4.39 Å². The molecule has 31 heavy (non-hydrogen) atoms. The highest BCUT2D eigenvalue weighted by Crippen LogP contribution is 2.35. The number of fused-ring (bicyclic) bond motifs is 1. The molecule has 1 amide bonds. The van der Waals surface area contributed by atoms with Crippen molar-refractivity contribution in [3.8, 4) is 0 Å². The van der Waals surface area contributed by atoms with Gasteiger partial charge in [-0.3, -0.25) is 4.79 Å². The monoisotopic (exact) mass is 448 g/mol. The molecule has 0 unspecified atom stereocenters. The Bertz CT molecular complexity index is 897. The SMILES string of the molecule is O=C(C[C@@H]1C[C@H]2O[C@H](CNCc3ccccc3Cl)[C@@H](O)[C@H]2O1)NCc1ccc(F)cc1. The molecule has 6 nitrogen and oxygen atoms in total. The molecule has 2 fully saturated rings. The Balaban J connectivity index is 1.18. The number of ether oxygens (including phenoxy) is 2. The molecule has 2 aromatic carbocycles. The first-order valence-corrected chi connectivity index (χ1v) is 10.8. The highest BCUT2D eigenvalue weighted by molar-refractivity contribution is 6.31. The van der Waals surface area contributed by atoms with Crippen molar-refractivity contribution < 1.29 is 23.8 Å². The fourth-order valence-corrected chi connectivity index (χ4v) is 4.28. The molecule has 2 aliphatic rings. The lowest BCUT2D eigenvalue weighted by Gasteiger charge is -2.20. The Kier molecular flexibility index (Phi) is 7.20. The first-order valence-electron chi connectivity index (χ1n) is 10.4. The number of carbonyl (C=O) groups is 1. The van der Waals surface area contributed by atoms with E-state index < -0.39 is 12.2 Å². The van der Waals surface area contributed by atoms with Crippen LogP contribution in [0.3, 0.4) is 0 Å². The molecule has 0 radical (unpaired) electrons. The fraction of sp³-hybridized carbons (Fsp3) is 0.435. The summed E-state index contributed by atoms with van der Waals surface area (Å²) in [5.41, 5.74) is 1.81. The van der Waals surface area contributed by atoms with Crippen molar-refractivity contribution in [3.05, 3.63) is 70.5 Å². The van der Waals surface area contributed by atoms with Crippen LogP contribution in [0.25, 0.3) is 0 Å². The zero-order valence-corrected chi connectivity index (χ0v) is 17.7. The number of hydrogen-bond acceptors (Lipinski definition) is 5. The normalized spacial score (nSPS) is 27.3. The largest absolute Gasteiger partial charge is 0.388 e. The molecule has 0 saturated carbocycles.